The van der Waals surface area contributed by atoms with Gasteiger partial charge in [-0.1, -0.05) is 12.5 Å². The van der Waals surface area contributed by atoms with Crippen molar-refractivity contribution in [3.63, 3.8) is 0 Å². The SMILES string of the molecule is CN1CCN(S(=O)(=O)c2cccc(NC(=O)C3CCCC(N)C3)c2)CC1.Cl.Cl. The Labute approximate surface area is 179 Å². The van der Waals surface area contributed by atoms with E-state index in [2.05, 4.69) is 10.2 Å². The van der Waals surface area contributed by atoms with Crippen molar-refractivity contribution in [3.05, 3.63) is 24.3 Å². The molecule has 2 fully saturated rings. The molecule has 1 heterocycles. The van der Waals surface area contributed by atoms with E-state index in [9.17, 15) is 13.2 Å². The number of nitrogens with one attached hydrogen (secondary N) is 1. The molecule has 3 rings (SSSR count). The van der Waals surface area contributed by atoms with Crippen LogP contribution in [0.15, 0.2) is 29.2 Å². The minimum atomic E-state index is -3.54. The van der Waals surface area contributed by atoms with Crippen molar-refractivity contribution in [1.29, 1.82) is 0 Å². The molecule has 1 amide bonds. The van der Waals surface area contributed by atoms with E-state index in [4.69, 9.17) is 5.73 Å². The van der Waals surface area contributed by atoms with Crippen LogP contribution in [-0.2, 0) is 14.8 Å². The lowest BCUT2D eigenvalue weighted by atomic mass is 9.85. The summed E-state index contributed by atoms with van der Waals surface area (Å²) >= 11 is 0. The summed E-state index contributed by atoms with van der Waals surface area (Å²) < 4.78 is 27.2. The van der Waals surface area contributed by atoms with Crippen LogP contribution in [-0.4, -0.2) is 62.8 Å². The molecule has 0 spiro atoms. The summed E-state index contributed by atoms with van der Waals surface area (Å²) in [5.74, 6) is -0.175. The first kappa shape index (κ1) is 25.1. The molecule has 28 heavy (non-hydrogen) atoms. The van der Waals surface area contributed by atoms with E-state index >= 15 is 0 Å². The van der Waals surface area contributed by atoms with E-state index in [-0.39, 0.29) is 47.6 Å². The normalized spacial score (nSPS) is 23.9. The Morgan fingerprint density at radius 2 is 1.82 bits per heavy atom. The number of amides is 1. The van der Waals surface area contributed by atoms with Crippen molar-refractivity contribution in [2.75, 3.05) is 38.5 Å². The molecule has 3 N–H and O–H groups in total. The van der Waals surface area contributed by atoms with E-state index in [0.717, 1.165) is 32.4 Å². The summed E-state index contributed by atoms with van der Waals surface area (Å²) in [4.78, 5) is 14.8. The van der Waals surface area contributed by atoms with Gasteiger partial charge in [0.05, 0.1) is 4.90 Å². The Hall–Kier alpha value is -0.900. The quantitative estimate of drug-likeness (QED) is 0.727. The van der Waals surface area contributed by atoms with E-state index in [0.29, 0.717) is 25.2 Å². The lowest BCUT2D eigenvalue weighted by molar-refractivity contribution is -0.120. The Balaban J connectivity index is 0.00000196. The second-order valence-corrected chi connectivity index (χ2v) is 9.29. The van der Waals surface area contributed by atoms with E-state index in [1.54, 1.807) is 24.3 Å². The Bertz CT molecular complexity index is 755. The van der Waals surface area contributed by atoms with Gasteiger partial charge in [-0.2, -0.15) is 4.31 Å². The fraction of sp³-hybridized carbons (Fsp3) is 0.611. The van der Waals surface area contributed by atoms with Gasteiger partial charge in [0.25, 0.3) is 0 Å². The molecule has 0 aromatic heterocycles. The van der Waals surface area contributed by atoms with E-state index in [1.165, 1.54) is 4.31 Å². The first-order chi connectivity index (χ1) is 12.4. The van der Waals surface area contributed by atoms with Gasteiger partial charge in [0.15, 0.2) is 0 Å². The number of piperazine rings is 1. The number of likely N-dealkylation sites (N-methyl/N-ethyl adjacent to an activating group) is 1. The third kappa shape index (κ3) is 6.05. The van der Waals surface area contributed by atoms with Gasteiger partial charge in [-0.3, -0.25) is 4.79 Å². The number of rotatable bonds is 4. The second kappa shape index (κ2) is 10.8. The number of nitrogens with two attached hydrogens (primary N) is 1. The van der Waals surface area contributed by atoms with Crippen LogP contribution in [0.25, 0.3) is 0 Å². The molecule has 2 atom stereocenters. The van der Waals surface area contributed by atoms with Gasteiger partial charge in [-0.25, -0.2) is 8.42 Å². The number of hydrogen-bond donors (Lipinski definition) is 2. The molecule has 0 radical (unpaired) electrons. The molecular weight excluding hydrogens is 423 g/mol. The maximum atomic E-state index is 12.9. The van der Waals surface area contributed by atoms with Crippen LogP contribution in [0, 0.1) is 5.92 Å². The molecule has 1 saturated heterocycles. The third-order valence-corrected chi connectivity index (χ3v) is 7.18. The minimum absolute atomic E-state index is 0. The molecular formula is C18H30Cl2N4O3S. The number of benzene rings is 1. The van der Waals surface area contributed by atoms with Crippen molar-refractivity contribution < 1.29 is 13.2 Å². The molecule has 2 unspecified atom stereocenters. The topological polar surface area (TPSA) is 95.7 Å². The molecule has 1 aromatic rings. The maximum Gasteiger partial charge on any atom is 0.243 e. The smallest absolute Gasteiger partial charge is 0.243 e. The van der Waals surface area contributed by atoms with Crippen LogP contribution in [0.1, 0.15) is 25.7 Å². The standard InChI is InChI=1S/C18H28N4O3S.2ClH/c1-21-8-10-22(11-9-21)26(24,25)17-7-3-6-16(13-17)20-18(23)14-4-2-5-15(19)12-14;;/h3,6-7,13-15H,2,4-5,8-12,19H2,1H3,(H,20,23);2*1H. The third-order valence-electron chi connectivity index (χ3n) is 5.29. The first-order valence-corrected chi connectivity index (χ1v) is 10.7. The number of carbonyl (C=O) groups is 1. The van der Waals surface area contributed by atoms with Crippen molar-refractivity contribution >= 4 is 46.4 Å². The van der Waals surface area contributed by atoms with Crippen molar-refractivity contribution in [2.45, 2.75) is 36.6 Å². The van der Waals surface area contributed by atoms with Gasteiger partial charge in [0.1, 0.15) is 0 Å². The molecule has 10 heteroatoms. The van der Waals surface area contributed by atoms with Gasteiger partial charge >= 0.3 is 0 Å². The van der Waals surface area contributed by atoms with Crippen LogP contribution in [0.3, 0.4) is 0 Å². The summed E-state index contributed by atoms with van der Waals surface area (Å²) in [5, 5.41) is 2.87. The zero-order chi connectivity index (χ0) is 18.7. The molecule has 0 bridgehead atoms. The van der Waals surface area contributed by atoms with Gasteiger partial charge in [0.2, 0.25) is 15.9 Å². The molecule has 1 aliphatic carbocycles. The number of carbonyl (C=O) groups excluding carboxylic acids is 1. The Morgan fingerprint density at radius 3 is 2.46 bits per heavy atom. The van der Waals surface area contributed by atoms with Crippen LogP contribution in [0.4, 0.5) is 5.69 Å². The highest BCUT2D eigenvalue weighted by atomic mass is 35.5. The zero-order valence-corrected chi connectivity index (χ0v) is 18.5. The molecule has 1 saturated carbocycles. The number of anilines is 1. The fourth-order valence-electron chi connectivity index (χ4n) is 3.62. The molecule has 160 valence electrons. The van der Waals surface area contributed by atoms with Crippen LogP contribution >= 0.6 is 24.8 Å². The molecule has 7 nitrogen and oxygen atoms in total. The molecule has 2 aliphatic rings. The average molecular weight is 453 g/mol. The predicted octanol–water partition coefficient (Wildman–Crippen LogP) is 1.92. The summed E-state index contributed by atoms with van der Waals surface area (Å²) in [7, 11) is -1.56. The predicted molar refractivity (Wildman–Crippen MR) is 116 cm³/mol. The van der Waals surface area contributed by atoms with Gasteiger partial charge < -0.3 is 16.0 Å². The highest BCUT2D eigenvalue weighted by Crippen LogP contribution is 2.26. The van der Waals surface area contributed by atoms with Crippen LogP contribution in [0.2, 0.25) is 0 Å². The van der Waals surface area contributed by atoms with Crippen molar-refractivity contribution in [3.8, 4) is 0 Å². The summed E-state index contributed by atoms with van der Waals surface area (Å²) in [6.07, 6.45) is 3.43. The first-order valence-electron chi connectivity index (χ1n) is 9.21. The van der Waals surface area contributed by atoms with Crippen molar-refractivity contribution in [2.24, 2.45) is 11.7 Å². The molecule has 1 aromatic carbocycles. The lowest BCUT2D eigenvalue weighted by Crippen LogP contribution is -2.47. The fourth-order valence-corrected chi connectivity index (χ4v) is 5.09. The van der Waals surface area contributed by atoms with Crippen molar-refractivity contribution in [1.82, 2.24) is 9.21 Å². The zero-order valence-electron chi connectivity index (χ0n) is 16.0. The average Bonchev–Trinajstić information content (AvgIpc) is 2.62. The van der Waals surface area contributed by atoms with Gasteiger partial charge in [-0.05, 0) is 44.5 Å². The number of sulfonamides is 1. The van der Waals surface area contributed by atoms with E-state index < -0.39 is 10.0 Å². The number of hydrogen-bond acceptors (Lipinski definition) is 5. The van der Waals surface area contributed by atoms with E-state index in [1.807, 2.05) is 7.05 Å². The Kier molecular flexibility index (Phi) is 9.66. The minimum Gasteiger partial charge on any atom is -0.328 e. The summed E-state index contributed by atoms with van der Waals surface area (Å²) in [5.41, 5.74) is 6.48. The number of nitrogens with zero attached hydrogens (tertiary/aromatic N) is 2. The summed E-state index contributed by atoms with van der Waals surface area (Å²) in [6.45, 7) is 2.40. The number of halogens is 2. The molecule has 1 aliphatic heterocycles. The highest BCUT2D eigenvalue weighted by Gasteiger charge is 2.28. The summed E-state index contributed by atoms with van der Waals surface area (Å²) in [6, 6.07) is 6.60. The van der Waals surface area contributed by atoms with Gasteiger partial charge in [0, 0.05) is 43.8 Å². The highest BCUT2D eigenvalue weighted by molar-refractivity contribution is 7.89. The largest absolute Gasteiger partial charge is 0.328 e. The second-order valence-electron chi connectivity index (χ2n) is 7.35. The lowest BCUT2D eigenvalue weighted by Gasteiger charge is -2.31. The van der Waals surface area contributed by atoms with Crippen LogP contribution < -0.4 is 11.1 Å². The van der Waals surface area contributed by atoms with Gasteiger partial charge in [-0.15, -0.1) is 24.8 Å². The van der Waals surface area contributed by atoms with Crippen LogP contribution in [0.5, 0.6) is 0 Å². The maximum absolute atomic E-state index is 12.9. The Morgan fingerprint density at radius 1 is 1.14 bits per heavy atom. The monoisotopic (exact) mass is 452 g/mol.